The number of benzene rings is 1. The van der Waals surface area contributed by atoms with Gasteiger partial charge in [-0.05, 0) is 59.9 Å². The summed E-state index contributed by atoms with van der Waals surface area (Å²) in [5.74, 6) is 0.816. The van der Waals surface area contributed by atoms with Gasteiger partial charge in [-0.3, -0.25) is 0 Å². The largest absolute Gasteiger partial charge is 0.487 e. The lowest BCUT2D eigenvalue weighted by Crippen LogP contribution is -2.25. The summed E-state index contributed by atoms with van der Waals surface area (Å²) >= 11 is 3.51. The predicted octanol–water partition coefficient (Wildman–Crippen LogP) is 2.46. The zero-order valence-corrected chi connectivity index (χ0v) is 11.5. The Balaban J connectivity index is 2.05. The van der Waals surface area contributed by atoms with Crippen molar-refractivity contribution in [1.29, 1.82) is 0 Å². The van der Waals surface area contributed by atoms with Crippen LogP contribution in [0.2, 0.25) is 0 Å². The highest BCUT2D eigenvalue weighted by atomic mass is 79.9. The van der Waals surface area contributed by atoms with Gasteiger partial charge in [0.25, 0.3) is 0 Å². The summed E-state index contributed by atoms with van der Waals surface area (Å²) in [7, 11) is 1.92. The van der Waals surface area contributed by atoms with Crippen molar-refractivity contribution in [2.45, 2.75) is 38.0 Å². The normalized spacial score (nSPS) is 23.9. The summed E-state index contributed by atoms with van der Waals surface area (Å²) in [4.78, 5) is 0. The van der Waals surface area contributed by atoms with Crippen molar-refractivity contribution in [3.05, 3.63) is 28.2 Å². The van der Waals surface area contributed by atoms with Crippen LogP contribution in [0.4, 0.5) is 0 Å². The van der Waals surface area contributed by atoms with Gasteiger partial charge in [0, 0.05) is 6.54 Å². The minimum atomic E-state index is -0.320. The maximum absolute atomic E-state index is 9.73. The lowest BCUT2D eigenvalue weighted by atomic mass is 10.2. The number of aliphatic hydroxyl groups is 1. The first-order valence-electron chi connectivity index (χ1n) is 5.98. The Bertz CT molecular complexity index is 384. The highest BCUT2D eigenvalue weighted by Crippen LogP contribution is 2.30. The topological polar surface area (TPSA) is 41.5 Å². The van der Waals surface area contributed by atoms with E-state index in [0.717, 1.165) is 36.0 Å². The maximum Gasteiger partial charge on any atom is 0.134 e. The van der Waals surface area contributed by atoms with E-state index in [1.165, 1.54) is 5.56 Å². The fourth-order valence-corrected chi connectivity index (χ4v) is 2.68. The third-order valence-corrected chi connectivity index (χ3v) is 3.69. The molecule has 0 heterocycles. The van der Waals surface area contributed by atoms with Crippen molar-refractivity contribution in [3.63, 3.8) is 0 Å². The SMILES string of the molecule is CNCc1ccc(OC2CCCC2O)c(Br)c1. The summed E-state index contributed by atoms with van der Waals surface area (Å²) in [5.41, 5.74) is 1.21. The van der Waals surface area contributed by atoms with Gasteiger partial charge < -0.3 is 15.2 Å². The number of aliphatic hydroxyl groups excluding tert-OH is 1. The second kappa shape index (κ2) is 5.85. The summed E-state index contributed by atoms with van der Waals surface area (Å²) in [6.07, 6.45) is 2.45. The van der Waals surface area contributed by atoms with Crippen molar-refractivity contribution in [1.82, 2.24) is 5.32 Å². The van der Waals surface area contributed by atoms with Crippen LogP contribution in [0.3, 0.4) is 0 Å². The first-order valence-corrected chi connectivity index (χ1v) is 6.77. The van der Waals surface area contributed by atoms with E-state index in [1.807, 2.05) is 25.2 Å². The molecule has 0 aliphatic heterocycles. The standard InChI is InChI=1S/C13H18BrNO2/c1-15-8-9-5-6-12(10(14)7-9)17-13-4-2-3-11(13)16/h5-7,11,13,15-16H,2-4,8H2,1H3. The molecule has 2 N–H and O–H groups in total. The van der Waals surface area contributed by atoms with E-state index in [2.05, 4.69) is 21.2 Å². The van der Waals surface area contributed by atoms with Crippen LogP contribution < -0.4 is 10.1 Å². The van der Waals surface area contributed by atoms with Crippen molar-refractivity contribution in [3.8, 4) is 5.75 Å². The Hall–Kier alpha value is -0.580. The zero-order chi connectivity index (χ0) is 12.3. The van der Waals surface area contributed by atoms with Gasteiger partial charge in [0.05, 0.1) is 10.6 Å². The second-order valence-corrected chi connectivity index (χ2v) is 5.30. The van der Waals surface area contributed by atoms with Crippen LogP contribution in [0.5, 0.6) is 5.75 Å². The first-order chi connectivity index (χ1) is 8.20. The summed E-state index contributed by atoms with van der Waals surface area (Å²) in [5, 5.41) is 12.8. The molecule has 1 aromatic carbocycles. The molecule has 0 bridgehead atoms. The van der Waals surface area contributed by atoms with Gasteiger partial charge >= 0.3 is 0 Å². The van der Waals surface area contributed by atoms with Crippen LogP contribution >= 0.6 is 15.9 Å². The van der Waals surface area contributed by atoms with E-state index in [0.29, 0.717) is 0 Å². The molecule has 4 heteroatoms. The smallest absolute Gasteiger partial charge is 0.134 e. The van der Waals surface area contributed by atoms with Gasteiger partial charge in [0.1, 0.15) is 11.9 Å². The molecule has 2 rings (SSSR count). The molecule has 2 atom stereocenters. The van der Waals surface area contributed by atoms with Crippen LogP contribution in [0.15, 0.2) is 22.7 Å². The summed E-state index contributed by atoms with van der Waals surface area (Å²) in [6.45, 7) is 0.838. The Kier molecular flexibility index (Phi) is 4.42. The molecule has 1 aliphatic carbocycles. The molecule has 1 aromatic rings. The third-order valence-electron chi connectivity index (χ3n) is 3.07. The number of nitrogens with one attached hydrogen (secondary N) is 1. The van der Waals surface area contributed by atoms with Crippen LogP contribution in [-0.2, 0) is 6.54 Å². The second-order valence-electron chi connectivity index (χ2n) is 4.45. The number of hydrogen-bond acceptors (Lipinski definition) is 3. The third kappa shape index (κ3) is 3.21. The molecule has 0 saturated heterocycles. The quantitative estimate of drug-likeness (QED) is 0.897. The van der Waals surface area contributed by atoms with Gasteiger partial charge in [-0.25, -0.2) is 0 Å². The van der Waals surface area contributed by atoms with Crippen molar-refractivity contribution < 1.29 is 9.84 Å². The van der Waals surface area contributed by atoms with Gasteiger partial charge in [-0.1, -0.05) is 6.07 Å². The Labute approximate surface area is 110 Å². The minimum Gasteiger partial charge on any atom is -0.487 e. The number of rotatable bonds is 4. The Morgan fingerprint density at radius 2 is 2.29 bits per heavy atom. The Morgan fingerprint density at radius 3 is 2.88 bits per heavy atom. The molecule has 94 valence electrons. The zero-order valence-electron chi connectivity index (χ0n) is 9.95. The van der Waals surface area contributed by atoms with Crippen molar-refractivity contribution >= 4 is 15.9 Å². The molecule has 3 nitrogen and oxygen atoms in total. The average Bonchev–Trinajstić information content (AvgIpc) is 2.69. The lowest BCUT2D eigenvalue weighted by Gasteiger charge is -2.18. The maximum atomic E-state index is 9.73. The molecule has 0 spiro atoms. The summed E-state index contributed by atoms with van der Waals surface area (Å²) in [6, 6.07) is 6.05. The highest BCUT2D eigenvalue weighted by molar-refractivity contribution is 9.10. The van der Waals surface area contributed by atoms with Crippen molar-refractivity contribution in [2.24, 2.45) is 0 Å². The number of hydrogen-bond donors (Lipinski definition) is 2. The van der Waals surface area contributed by atoms with Crippen molar-refractivity contribution in [2.75, 3.05) is 7.05 Å². The number of ether oxygens (including phenoxy) is 1. The fourth-order valence-electron chi connectivity index (χ4n) is 2.16. The number of halogens is 1. The molecular formula is C13H18BrNO2. The van der Waals surface area contributed by atoms with E-state index in [4.69, 9.17) is 4.74 Å². The van der Waals surface area contributed by atoms with E-state index in [1.54, 1.807) is 0 Å². The minimum absolute atomic E-state index is 0.0542. The van der Waals surface area contributed by atoms with Crippen LogP contribution in [0.1, 0.15) is 24.8 Å². The molecule has 0 radical (unpaired) electrons. The van der Waals surface area contributed by atoms with E-state index < -0.39 is 0 Å². The van der Waals surface area contributed by atoms with Crippen LogP contribution in [0.25, 0.3) is 0 Å². The molecule has 1 aliphatic rings. The van der Waals surface area contributed by atoms with E-state index in [9.17, 15) is 5.11 Å². The van der Waals surface area contributed by atoms with Gasteiger partial charge in [0.15, 0.2) is 0 Å². The molecule has 1 fully saturated rings. The summed E-state index contributed by atoms with van der Waals surface area (Å²) < 4.78 is 6.78. The molecular weight excluding hydrogens is 282 g/mol. The first kappa shape index (κ1) is 12.9. The lowest BCUT2D eigenvalue weighted by molar-refractivity contribution is 0.0599. The molecule has 17 heavy (non-hydrogen) atoms. The van der Waals surface area contributed by atoms with E-state index >= 15 is 0 Å². The molecule has 1 saturated carbocycles. The predicted molar refractivity (Wildman–Crippen MR) is 71.2 cm³/mol. The monoisotopic (exact) mass is 299 g/mol. The van der Waals surface area contributed by atoms with Gasteiger partial charge in [-0.15, -0.1) is 0 Å². The van der Waals surface area contributed by atoms with Gasteiger partial charge in [0.2, 0.25) is 0 Å². The fraction of sp³-hybridized carbons (Fsp3) is 0.538. The van der Waals surface area contributed by atoms with Crippen LogP contribution in [-0.4, -0.2) is 24.4 Å². The Morgan fingerprint density at radius 1 is 1.47 bits per heavy atom. The van der Waals surface area contributed by atoms with E-state index in [-0.39, 0.29) is 12.2 Å². The molecule has 0 amide bonds. The van der Waals surface area contributed by atoms with Crippen LogP contribution in [0, 0.1) is 0 Å². The highest BCUT2D eigenvalue weighted by Gasteiger charge is 2.27. The average molecular weight is 300 g/mol. The molecule has 0 aromatic heterocycles. The van der Waals surface area contributed by atoms with Gasteiger partial charge in [-0.2, -0.15) is 0 Å². The molecule has 2 unspecified atom stereocenters.